The fourth-order valence-corrected chi connectivity index (χ4v) is 2.56. The Morgan fingerprint density at radius 1 is 1.24 bits per heavy atom. The lowest BCUT2D eigenvalue weighted by Crippen LogP contribution is -2.13. The Labute approximate surface area is 124 Å². The van der Waals surface area contributed by atoms with Crippen LogP contribution in [0.25, 0.3) is 11.0 Å². The molecule has 0 aliphatic heterocycles. The standard InChI is InChI=1S/C16H21N5/c1-3-6-17-10-13-11-21(12-15-18-8-9-20(15)2)16-14(13)5-4-7-19-16/h4-5,7-9,11,17H,3,6,10,12H2,1-2H3. The topological polar surface area (TPSA) is 47.7 Å². The monoisotopic (exact) mass is 283 g/mol. The Balaban J connectivity index is 1.93. The average molecular weight is 283 g/mol. The Kier molecular flexibility index (Phi) is 4.01. The predicted molar refractivity (Wildman–Crippen MR) is 84.0 cm³/mol. The number of hydrogen-bond acceptors (Lipinski definition) is 3. The van der Waals surface area contributed by atoms with Gasteiger partial charge in [-0.1, -0.05) is 6.92 Å². The van der Waals surface area contributed by atoms with Gasteiger partial charge in [0.05, 0.1) is 6.54 Å². The second-order valence-electron chi connectivity index (χ2n) is 5.29. The number of pyridine rings is 1. The van der Waals surface area contributed by atoms with Crippen molar-refractivity contribution < 1.29 is 0 Å². The first-order valence-electron chi connectivity index (χ1n) is 7.39. The van der Waals surface area contributed by atoms with Crippen LogP contribution in [0.2, 0.25) is 0 Å². The molecule has 0 atom stereocenters. The summed E-state index contributed by atoms with van der Waals surface area (Å²) in [5.41, 5.74) is 2.31. The van der Waals surface area contributed by atoms with Gasteiger partial charge < -0.3 is 14.5 Å². The SMILES string of the molecule is CCCNCc1cn(Cc2nccn2C)c2ncccc12. The molecule has 0 aliphatic carbocycles. The molecule has 3 heterocycles. The van der Waals surface area contributed by atoms with Crippen LogP contribution in [-0.4, -0.2) is 25.6 Å². The smallest absolute Gasteiger partial charge is 0.140 e. The maximum Gasteiger partial charge on any atom is 0.140 e. The molecule has 1 N–H and O–H groups in total. The molecule has 0 saturated heterocycles. The van der Waals surface area contributed by atoms with Gasteiger partial charge >= 0.3 is 0 Å². The van der Waals surface area contributed by atoms with E-state index in [0.29, 0.717) is 0 Å². The van der Waals surface area contributed by atoms with Gasteiger partial charge in [0.25, 0.3) is 0 Å². The summed E-state index contributed by atoms with van der Waals surface area (Å²) in [6.45, 7) is 4.83. The van der Waals surface area contributed by atoms with Gasteiger partial charge in [-0.05, 0) is 30.7 Å². The van der Waals surface area contributed by atoms with E-state index in [4.69, 9.17) is 0 Å². The fraction of sp³-hybridized carbons (Fsp3) is 0.375. The zero-order valence-corrected chi connectivity index (χ0v) is 12.6. The van der Waals surface area contributed by atoms with Crippen molar-refractivity contribution in [2.24, 2.45) is 7.05 Å². The number of nitrogens with one attached hydrogen (secondary N) is 1. The van der Waals surface area contributed by atoms with Crippen molar-refractivity contribution in [2.75, 3.05) is 6.54 Å². The lowest BCUT2D eigenvalue weighted by atomic mass is 10.2. The third-order valence-electron chi connectivity index (χ3n) is 3.69. The number of aryl methyl sites for hydroxylation is 1. The van der Waals surface area contributed by atoms with E-state index in [1.165, 1.54) is 10.9 Å². The highest BCUT2D eigenvalue weighted by Crippen LogP contribution is 2.20. The first-order valence-corrected chi connectivity index (χ1v) is 7.39. The number of aromatic nitrogens is 4. The molecule has 0 spiro atoms. The molecule has 5 nitrogen and oxygen atoms in total. The van der Waals surface area contributed by atoms with E-state index >= 15 is 0 Å². The summed E-state index contributed by atoms with van der Waals surface area (Å²) in [5.74, 6) is 1.03. The molecular weight excluding hydrogens is 262 g/mol. The van der Waals surface area contributed by atoms with Crippen LogP contribution >= 0.6 is 0 Å². The zero-order chi connectivity index (χ0) is 14.7. The molecule has 0 aromatic carbocycles. The van der Waals surface area contributed by atoms with Crippen molar-refractivity contribution in [1.82, 2.24) is 24.4 Å². The highest BCUT2D eigenvalue weighted by molar-refractivity contribution is 5.80. The minimum absolute atomic E-state index is 0.741. The van der Waals surface area contributed by atoms with Crippen LogP contribution in [0.15, 0.2) is 36.9 Å². The Morgan fingerprint density at radius 2 is 2.14 bits per heavy atom. The van der Waals surface area contributed by atoms with E-state index in [0.717, 1.165) is 37.5 Å². The molecule has 0 amide bonds. The van der Waals surface area contributed by atoms with Gasteiger partial charge in [0, 0.05) is 43.8 Å². The van der Waals surface area contributed by atoms with Crippen molar-refractivity contribution in [3.05, 3.63) is 48.3 Å². The number of fused-ring (bicyclic) bond motifs is 1. The predicted octanol–water partition coefficient (Wildman–Crippen LogP) is 2.32. The molecule has 0 aliphatic rings. The Morgan fingerprint density at radius 3 is 2.90 bits per heavy atom. The lowest BCUT2D eigenvalue weighted by Gasteiger charge is -2.04. The van der Waals surface area contributed by atoms with Crippen molar-refractivity contribution in [3.8, 4) is 0 Å². The Bertz CT molecular complexity index is 725. The second-order valence-corrected chi connectivity index (χ2v) is 5.29. The highest BCUT2D eigenvalue weighted by atomic mass is 15.1. The molecule has 5 heteroatoms. The van der Waals surface area contributed by atoms with Gasteiger partial charge in [-0.15, -0.1) is 0 Å². The van der Waals surface area contributed by atoms with E-state index in [9.17, 15) is 0 Å². The van der Waals surface area contributed by atoms with Crippen LogP contribution in [0.3, 0.4) is 0 Å². The van der Waals surface area contributed by atoms with E-state index in [2.05, 4.69) is 39.0 Å². The van der Waals surface area contributed by atoms with Crippen molar-refractivity contribution in [2.45, 2.75) is 26.4 Å². The molecule has 110 valence electrons. The van der Waals surface area contributed by atoms with Crippen LogP contribution in [0, 0.1) is 0 Å². The quantitative estimate of drug-likeness (QED) is 0.706. The van der Waals surface area contributed by atoms with E-state index < -0.39 is 0 Å². The molecule has 0 unspecified atom stereocenters. The third-order valence-corrected chi connectivity index (χ3v) is 3.69. The van der Waals surface area contributed by atoms with E-state index in [1.54, 1.807) is 0 Å². The van der Waals surface area contributed by atoms with E-state index in [1.807, 2.05) is 36.3 Å². The largest absolute Gasteiger partial charge is 0.337 e. The number of imidazole rings is 1. The number of nitrogens with zero attached hydrogens (tertiary/aromatic N) is 4. The zero-order valence-electron chi connectivity index (χ0n) is 12.6. The first kappa shape index (κ1) is 13.8. The van der Waals surface area contributed by atoms with Gasteiger partial charge in [-0.2, -0.15) is 0 Å². The highest BCUT2D eigenvalue weighted by Gasteiger charge is 2.10. The van der Waals surface area contributed by atoms with Gasteiger partial charge in [-0.3, -0.25) is 0 Å². The molecule has 3 rings (SSSR count). The molecular formula is C16H21N5. The van der Waals surface area contributed by atoms with Crippen LogP contribution in [0.4, 0.5) is 0 Å². The van der Waals surface area contributed by atoms with Crippen molar-refractivity contribution in [1.29, 1.82) is 0 Å². The maximum absolute atomic E-state index is 4.54. The number of hydrogen-bond donors (Lipinski definition) is 1. The van der Waals surface area contributed by atoms with E-state index in [-0.39, 0.29) is 0 Å². The molecule has 3 aromatic heterocycles. The maximum atomic E-state index is 4.54. The summed E-state index contributed by atoms with van der Waals surface area (Å²) < 4.78 is 4.23. The first-order chi connectivity index (χ1) is 10.3. The second kappa shape index (κ2) is 6.10. The molecule has 3 aromatic rings. The summed E-state index contributed by atoms with van der Waals surface area (Å²) in [7, 11) is 2.02. The summed E-state index contributed by atoms with van der Waals surface area (Å²) in [6.07, 6.45) is 8.98. The Hall–Kier alpha value is -2.14. The summed E-state index contributed by atoms with van der Waals surface area (Å²) >= 11 is 0. The summed E-state index contributed by atoms with van der Waals surface area (Å²) in [4.78, 5) is 8.94. The minimum atomic E-state index is 0.741. The van der Waals surface area contributed by atoms with Crippen molar-refractivity contribution in [3.63, 3.8) is 0 Å². The van der Waals surface area contributed by atoms with Crippen LogP contribution < -0.4 is 5.32 Å². The lowest BCUT2D eigenvalue weighted by molar-refractivity contribution is 0.671. The normalized spacial score (nSPS) is 11.3. The fourth-order valence-electron chi connectivity index (χ4n) is 2.56. The summed E-state index contributed by atoms with van der Waals surface area (Å²) in [5, 5.41) is 4.68. The van der Waals surface area contributed by atoms with Gasteiger partial charge in [-0.25, -0.2) is 9.97 Å². The van der Waals surface area contributed by atoms with Crippen molar-refractivity contribution >= 4 is 11.0 Å². The number of rotatable bonds is 6. The molecule has 0 radical (unpaired) electrons. The molecule has 0 bridgehead atoms. The molecule has 0 fully saturated rings. The molecule has 0 saturated carbocycles. The van der Waals surface area contributed by atoms with Crippen LogP contribution in [0.1, 0.15) is 24.7 Å². The third kappa shape index (κ3) is 2.83. The minimum Gasteiger partial charge on any atom is -0.337 e. The van der Waals surface area contributed by atoms with Crippen LogP contribution in [-0.2, 0) is 20.1 Å². The van der Waals surface area contributed by atoms with Gasteiger partial charge in [0.2, 0.25) is 0 Å². The van der Waals surface area contributed by atoms with Gasteiger partial charge in [0.1, 0.15) is 11.5 Å². The summed E-state index contributed by atoms with van der Waals surface area (Å²) in [6, 6.07) is 4.14. The average Bonchev–Trinajstić information content (AvgIpc) is 3.05. The van der Waals surface area contributed by atoms with Gasteiger partial charge in [0.15, 0.2) is 0 Å². The van der Waals surface area contributed by atoms with Crippen LogP contribution in [0.5, 0.6) is 0 Å². The molecule has 21 heavy (non-hydrogen) atoms.